The van der Waals surface area contributed by atoms with Gasteiger partial charge in [-0.05, 0) is 31.0 Å². The first kappa shape index (κ1) is 15.6. The van der Waals surface area contributed by atoms with Crippen molar-refractivity contribution in [2.45, 2.75) is 44.1 Å². The first-order valence-electron chi connectivity index (χ1n) is 7.49. The molecule has 2 aromatic heterocycles. The van der Waals surface area contributed by atoms with E-state index in [0.717, 1.165) is 31.9 Å². The van der Waals surface area contributed by atoms with Crippen LogP contribution in [0.5, 0.6) is 5.75 Å². The molecule has 1 saturated carbocycles. The molecule has 0 aliphatic heterocycles. The first-order chi connectivity index (χ1) is 11.0. The molecule has 3 rings (SSSR count). The van der Waals surface area contributed by atoms with Crippen LogP contribution in [0.2, 0.25) is 0 Å². The summed E-state index contributed by atoms with van der Waals surface area (Å²) in [7, 11) is 0. The molecule has 23 heavy (non-hydrogen) atoms. The summed E-state index contributed by atoms with van der Waals surface area (Å²) in [5.74, 6) is 0.207. The lowest BCUT2D eigenvalue weighted by atomic mass is 9.90. The zero-order valence-electron chi connectivity index (χ0n) is 12.3. The van der Waals surface area contributed by atoms with Crippen LogP contribution in [-0.2, 0) is 0 Å². The Labute approximate surface area is 131 Å². The molecule has 0 aromatic carbocycles. The number of rotatable bonds is 4. The van der Waals surface area contributed by atoms with Gasteiger partial charge in [0.2, 0.25) is 0 Å². The van der Waals surface area contributed by atoms with Gasteiger partial charge < -0.3 is 10.1 Å². The first-order valence-corrected chi connectivity index (χ1v) is 7.49. The van der Waals surface area contributed by atoms with Crippen LogP contribution in [0.4, 0.5) is 19.0 Å². The molecule has 5 nitrogen and oxygen atoms in total. The summed E-state index contributed by atoms with van der Waals surface area (Å²) in [5.41, 5.74) is 0. The zero-order valence-corrected chi connectivity index (χ0v) is 12.3. The van der Waals surface area contributed by atoms with E-state index in [9.17, 15) is 13.2 Å². The van der Waals surface area contributed by atoms with Gasteiger partial charge in [0.1, 0.15) is 11.6 Å². The number of anilines is 1. The lowest BCUT2D eigenvalue weighted by molar-refractivity contribution is -0.274. The molecular formula is C15H17F3N4O. The molecule has 2 atom stereocenters. The molecule has 2 aromatic rings. The van der Waals surface area contributed by atoms with E-state index in [0.29, 0.717) is 5.82 Å². The Bertz CT molecular complexity index is 613. The lowest BCUT2D eigenvalue weighted by Gasteiger charge is -2.32. The highest BCUT2D eigenvalue weighted by atomic mass is 19.4. The molecule has 1 fully saturated rings. The Hall–Kier alpha value is -2.25. The maximum atomic E-state index is 12.1. The van der Waals surface area contributed by atoms with Crippen molar-refractivity contribution in [1.82, 2.24) is 14.8 Å². The molecule has 1 aliphatic rings. The molecule has 124 valence electrons. The van der Waals surface area contributed by atoms with Crippen molar-refractivity contribution >= 4 is 5.82 Å². The number of ether oxygens (including phenoxy) is 1. The highest BCUT2D eigenvalue weighted by Gasteiger charge is 2.31. The fraction of sp³-hybridized carbons (Fsp3) is 0.467. The SMILES string of the molecule is FC(F)(F)Oc1ccc(NC2CCCCC2n2cccn2)nc1. The highest BCUT2D eigenvalue weighted by Crippen LogP contribution is 2.30. The van der Waals surface area contributed by atoms with E-state index in [2.05, 4.69) is 20.1 Å². The van der Waals surface area contributed by atoms with Crippen molar-refractivity contribution in [3.63, 3.8) is 0 Å². The maximum absolute atomic E-state index is 12.1. The standard InChI is InChI=1S/C15H17F3N4O/c16-15(17,18)23-11-6-7-14(19-10-11)21-12-4-1-2-5-13(12)22-9-3-8-20-22/h3,6-10,12-13H,1-2,4-5H2,(H,19,21). The van der Waals surface area contributed by atoms with Crippen LogP contribution < -0.4 is 10.1 Å². The molecule has 0 saturated heterocycles. The number of aromatic nitrogens is 3. The van der Waals surface area contributed by atoms with E-state index in [4.69, 9.17) is 0 Å². The molecule has 0 bridgehead atoms. The Morgan fingerprint density at radius 1 is 1.22 bits per heavy atom. The minimum absolute atomic E-state index is 0.144. The molecule has 2 unspecified atom stereocenters. The van der Waals surface area contributed by atoms with Gasteiger partial charge in [0.25, 0.3) is 0 Å². The summed E-state index contributed by atoms with van der Waals surface area (Å²) in [5, 5.41) is 7.60. The maximum Gasteiger partial charge on any atom is 0.573 e. The predicted octanol–water partition coefficient (Wildman–Crippen LogP) is 3.77. The fourth-order valence-corrected chi connectivity index (χ4v) is 2.92. The number of alkyl halides is 3. The van der Waals surface area contributed by atoms with Crippen molar-refractivity contribution in [1.29, 1.82) is 0 Å². The van der Waals surface area contributed by atoms with Gasteiger partial charge >= 0.3 is 6.36 Å². The summed E-state index contributed by atoms with van der Waals surface area (Å²) >= 11 is 0. The minimum atomic E-state index is -4.70. The number of pyridine rings is 1. The third kappa shape index (κ3) is 4.14. The van der Waals surface area contributed by atoms with Crippen molar-refractivity contribution in [3.05, 3.63) is 36.8 Å². The van der Waals surface area contributed by atoms with Crippen molar-refractivity contribution in [2.75, 3.05) is 5.32 Å². The molecule has 8 heteroatoms. The summed E-state index contributed by atoms with van der Waals surface area (Å²) in [6.45, 7) is 0. The molecular weight excluding hydrogens is 309 g/mol. The van der Waals surface area contributed by atoms with Crippen molar-refractivity contribution in [3.8, 4) is 5.75 Å². The quantitative estimate of drug-likeness (QED) is 0.929. The van der Waals surface area contributed by atoms with Crippen LogP contribution in [0.25, 0.3) is 0 Å². The number of hydrogen-bond donors (Lipinski definition) is 1. The number of nitrogens with zero attached hydrogens (tertiary/aromatic N) is 3. The minimum Gasteiger partial charge on any atom is -0.404 e. The summed E-state index contributed by atoms with van der Waals surface area (Å²) in [4.78, 5) is 4.01. The summed E-state index contributed by atoms with van der Waals surface area (Å²) in [6, 6.07) is 4.99. The largest absolute Gasteiger partial charge is 0.573 e. The Balaban J connectivity index is 1.67. The topological polar surface area (TPSA) is 52.0 Å². The van der Waals surface area contributed by atoms with Gasteiger partial charge in [-0.15, -0.1) is 13.2 Å². The van der Waals surface area contributed by atoms with Gasteiger partial charge in [0, 0.05) is 18.4 Å². The van der Waals surface area contributed by atoms with Crippen LogP contribution in [0.1, 0.15) is 31.7 Å². The third-order valence-corrected chi connectivity index (χ3v) is 3.90. The van der Waals surface area contributed by atoms with Crippen LogP contribution in [-0.4, -0.2) is 27.2 Å². The molecule has 2 heterocycles. The second-order valence-corrected chi connectivity index (χ2v) is 5.52. The van der Waals surface area contributed by atoms with E-state index >= 15 is 0 Å². The normalized spacial score (nSPS) is 21.9. The second-order valence-electron chi connectivity index (χ2n) is 5.52. The average Bonchev–Trinajstić information content (AvgIpc) is 3.02. The van der Waals surface area contributed by atoms with E-state index in [1.807, 2.05) is 16.9 Å². The number of nitrogens with one attached hydrogen (secondary N) is 1. The number of halogens is 3. The van der Waals surface area contributed by atoms with Crippen molar-refractivity contribution in [2.24, 2.45) is 0 Å². The molecule has 0 amide bonds. The molecule has 1 N–H and O–H groups in total. The van der Waals surface area contributed by atoms with Crippen LogP contribution >= 0.6 is 0 Å². The smallest absolute Gasteiger partial charge is 0.404 e. The van der Waals surface area contributed by atoms with E-state index in [-0.39, 0.29) is 17.8 Å². The zero-order chi connectivity index (χ0) is 16.3. The Morgan fingerprint density at radius 3 is 2.70 bits per heavy atom. The van der Waals surface area contributed by atoms with E-state index in [1.54, 1.807) is 6.20 Å². The van der Waals surface area contributed by atoms with Crippen LogP contribution in [0.15, 0.2) is 36.8 Å². The van der Waals surface area contributed by atoms with E-state index < -0.39 is 6.36 Å². The van der Waals surface area contributed by atoms with Crippen LogP contribution in [0.3, 0.4) is 0 Å². The Kier molecular flexibility index (Phi) is 4.40. The van der Waals surface area contributed by atoms with Gasteiger partial charge in [-0.25, -0.2) is 4.98 Å². The van der Waals surface area contributed by atoms with Gasteiger partial charge in [-0.3, -0.25) is 4.68 Å². The third-order valence-electron chi connectivity index (χ3n) is 3.90. The molecule has 0 spiro atoms. The second kappa shape index (κ2) is 6.47. The van der Waals surface area contributed by atoms with Gasteiger partial charge in [-0.1, -0.05) is 12.8 Å². The summed E-state index contributed by atoms with van der Waals surface area (Å²) < 4.78 is 42.2. The van der Waals surface area contributed by atoms with Gasteiger partial charge in [0.15, 0.2) is 0 Å². The van der Waals surface area contributed by atoms with E-state index in [1.165, 1.54) is 12.1 Å². The monoisotopic (exact) mass is 326 g/mol. The fourth-order valence-electron chi connectivity index (χ4n) is 2.92. The Morgan fingerprint density at radius 2 is 2.04 bits per heavy atom. The molecule has 1 aliphatic carbocycles. The highest BCUT2D eigenvalue weighted by molar-refractivity contribution is 5.39. The average molecular weight is 326 g/mol. The number of hydrogen-bond acceptors (Lipinski definition) is 4. The van der Waals surface area contributed by atoms with Crippen molar-refractivity contribution < 1.29 is 17.9 Å². The lowest BCUT2D eigenvalue weighted by Crippen LogP contribution is -2.34. The van der Waals surface area contributed by atoms with Crippen LogP contribution in [0, 0.1) is 0 Å². The van der Waals surface area contributed by atoms with Gasteiger partial charge in [-0.2, -0.15) is 5.10 Å². The summed E-state index contributed by atoms with van der Waals surface area (Å²) in [6.07, 6.45) is 4.25. The molecule has 0 radical (unpaired) electrons. The van der Waals surface area contributed by atoms with Gasteiger partial charge in [0.05, 0.1) is 12.2 Å². The predicted molar refractivity (Wildman–Crippen MR) is 78.1 cm³/mol.